The topological polar surface area (TPSA) is 88.5 Å². The second-order valence-corrected chi connectivity index (χ2v) is 14.2. The number of Topliss-reactive ketones (excluding diaryl/α,β-unsaturated/α-hetero) is 2. The van der Waals surface area contributed by atoms with Crippen molar-refractivity contribution in [1.29, 1.82) is 0 Å². The van der Waals surface area contributed by atoms with E-state index in [2.05, 4.69) is 52.0 Å². The average Bonchev–Trinajstić information content (AvgIpc) is 2.84. The number of fused-ring (bicyclic) bond motifs is 3. The monoisotopic (exact) mass is 470 g/mol. The molecule has 0 spiro atoms. The second kappa shape index (κ2) is 5.99. The van der Waals surface area contributed by atoms with E-state index >= 15 is 0 Å². The predicted octanol–water partition coefficient (Wildman–Crippen LogP) is 4.29. The maximum absolute atomic E-state index is 13.3. The van der Waals surface area contributed by atoms with Crippen molar-refractivity contribution in [3.05, 3.63) is 35.4 Å². The summed E-state index contributed by atoms with van der Waals surface area (Å²) in [4.78, 5) is 26.5. The molecule has 1 N–H and O–H groups in total. The molecule has 5 aliphatic carbocycles. The zero-order valence-electron chi connectivity index (χ0n) is 20.0. The van der Waals surface area contributed by atoms with Gasteiger partial charge in [0.25, 0.3) is 10.1 Å². The van der Waals surface area contributed by atoms with Gasteiger partial charge in [0.15, 0.2) is 0 Å². The maximum Gasteiger partial charge on any atom is 0.265 e. The Morgan fingerprint density at radius 2 is 1.61 bits per heavy atom. The molecule has 0 amide bonds. The lowest BCUT2D eigenvalue weighted by Crippen LogP contribution is -2.60. The molecule has 6 rings (SSSR count). The lowest BCUT2D eigenvalue weighted by Gasteiger charge is -2.51. The molecule has 5 aliphatic rings. The van der Waals surface area contributed by atoms with E-state index in [0.29, 0.717) is 24.5 Å². The standard InChI is InChI=1S/C27H34O5S/c1-23(2)19-9-11-24(23,3)21(28)18(19)13-16-5-7-17(8-6-16)14-27-20-10-12-26(22(27)29,25(20,27)4)15-33(30,31)32/h5-8,18-20H,9-15H2,1-4H3,(H,30,31,32). The van der Waals surface area contributed by atoms with E-state index in [4.69, 9.17) is 0 Å². The quantitative estimate of drug-likeness (QED) is 0.627. The summed E-state index contributed by atoms with van der Waals surface area (Å²) in [5.41, 5.74) is 0.458. The van der Waals surface area contributed by atoms with Gasteiger partial charge in [-0.2, -0.15) is 8.42 Å². The first-order chi connectivity index (χ1) is 15.2. The second-order valence-electron chi connectivity index (χ2n) is 12.8. The number of carbonyl (C=O) groups excluding carboxylic acids is 2. The van der Waals surface area contributed by atoms with Crippen molar-refractivity contribution in [3.8, 4) is 0 Å². The first kappa shape index (κ1) is 22.0. The van der Waals surface area contributed by atoms with Crippen LogP contribution in [0.3, 0.4) is 0 Å². The minimum Gasteiger partial charge on any atom is -0.299 e. The van der Waals surface area contributed by atoms with Gasteiger partial charge in [0.2, 0.25) is 0 Å². The van der Waals surface area contributed by atoms with Crippen LogP contribution in [-0.2, 0) is 32.5 Å². The van der Waals surface area contributed by atoms with E-state index in [1.807, 2.05) is 0 Å². The molecule has 0 saturated heterocycles. The first-order valence-electron chi connectivity index (χ1n) is 12.4. The van der Waals surface area contributed by atoms with Crippen LogP contribution in [0.5, 0.6) is 0 Å². The zero-order chi connectivity index (χ0) is 23.8. The predicted molar refractivity (Wildman–Crippen MR) is 124 cm³/mol. The van der Waals surface area contributed by atoms with E-state index in [1.54, 1.807) is 0 Å². The van der Waals surface area contributed by atoms with Gasteiger partial charge in [-0.3, -0.25) is 14.1 Å². The molecule has 0 heterocycles. The van der Waals surface area contributed by atoms with Crippen LogP contribution < -0.4 is 0 Å². The first-order valence-corrected chi connectivity index (χ1v) is 14.0. The summed E-state index contributed by atoms with van der Waals surface area (Å²) in [5.74, 6) is 0.799. The van der Waals surface area contributed by atoms with Gasteiger partial charge >= 0.3 is 0 Å². The van der Waals surface area contributed by atoms with Crippen molar-refractivity contribution in [2.45, 2.75) is 66.2 Å². The highest BCUT2D eigenvalue weighted by Crippen LogP contribution is 2.93. The third kappa shape index (κ3) is 2.26. The van der Waals surface area contributed by atoms with Gasteiger partial charge in [-0.05, 0) is 72.3 Å². The Bertz CT molecular complexity index is 1200. The Labute approximate surface area is 196 Å². The van der Waals surface area contributed by atoms with Crippen LogP contribution in [0.15, 0.2) is 24.3 Å². The normalized spacial score (nSPS) is 46.4. The van der Waals surface area contributed by atoms with Crippen LogP contribution in [0, 0.1) is 44.8 Å². The number of hydrogen-bond donors (Lipinski definition) is 1. The van der Waals surface area contributed by atoms with Crippen LogP contribution in [0.1, 0.15) is 64.5 Å². The highest BCUT2D eigenvalue weighted by Gasteiger charge is 2.97. The molecule has 7 unspecified atom stereocenters. The van der Waals surface area contributed by atoms with E-state index in [1.165, 1.54) is 5.56 Å². The summed E-state index contributed by atoms with van der Waals surface area (Å²) in [6.45, 7) is 8.72. The van der Waals surface area contributed by atoms with Crippen LogP contribution >= 0.6 is 0 Å². The Hall–Kier alpha value is -1.53. The van der Waals surface area contributed by atoms with E-state index in [0.717, 1.165) is 31.2 Å². The van der Waals surface area contributed by atoms with Crippen molar-refractivity contribution < 1.29 is 22.6 Å². The van der Waals surface area contributed by atoms with Gasteiger partial charge in [0.05, 0.1) is 11.2 Å². The Morgan fingerprint density at radius 3 is 2.15 bits per heavy atom. The number of rotatable bonds is 6. The fraction of sp³-hybridized carbons (Fsp3) is 0.704. The van der Waals surface area contributed by atoms with Crippen molar-refractivity contribution >= 4 is 21.7 Å². The van der Waals surface area contributed by atoms with Crippen LogP contribution in [-0.4, -0.2) is 30.3 Å². The third-order valence-electron chi connectivity index (χ3n) is 11.9. The molecule has 5 saturated carbocycles. The Morgan fingerprint density at radius 1 is 0.970 bits per heavy atom. The van der Waals surface area contributed by atoms with Crippen molar-refractivity contribution in [2.24, 2.45) is 44.8 Å². The largest absolute Gasteiger partial charge is 0.299 e. The highest BCUT2D eigenvalue weighted by molar-refractivity contribution is 7.85. The van der Waals surface area contributed by atoms with E-state index < -0.39 is 26.7 Å². The lowest BCUT2D eigenvalue weighted by atomic mass is 9.51. The zero-order valence-corrected chi connectivity index (χ0v) is 20.8. The molecule has 0 aromatic heterocycles. The lowest BCUT2D eigenvalue weighted by molar-refractivity contribution is -0.154. The van der Waals surface area contributed by atoms with Gasteiger partial charge in [-0.1, -0.05) is 52.0 Å². The molecule has 6 heteroatoms. The summed E-state index contributed by atoms with van der Waals surface area (Å²) in [5, 5.41) is 0. The summed E-state index contributed by atoms with van der Waals surface area (Å²) in [6, 6.07) is 8.38. The molecular formula is C27H34O5S. The van der Waals surface area contributed by atoms with E-state index in [9.17, 15) is 22.6 Å². The molecule has 7 atom stereocenters. The molecule has 178 valence electrons. The van der Waals surface area contributed by atoms with Gasteiger partial charge < -0.3 is 0 Å². The fourth-order valence-corrected chi connectivity index (χ4v) is 10.9. The van der Waals surface area contributed by atoms with Gasteiger partial charge in [0, 0.05) is 16.7 Å². The number of benzene rings is 1. The molecule has 33 heavy (non-hydrogen) atoms. The fourth-order valence-electron chi connectivity index (χ4n) is 9.71. The molecular weight excluding hydrogens is 436 g/mol. The molecule has 5 nitrogen and oxygen atoms in total. The van der Waals surface area contributed by atoms with Crippen molar-refractivity contribution in [3.63, 3.8) is 0 Å². The number of carbonyl (C=O) groups is 2. The van der Waals surface area contributed by atoms with Gasteiger partial charge in [-0.25, -0.2) is 0 Å². The van der Waals surface area contributed by atoms with Crippen LogP contribution in [0.4, 0.5) is 0 Å². The molecule has 1 aromatic rings. The molecule has 0 aliphatic heterocycles. The van der Waals surface area contributed by atoms with Crippen molar-refractivity contribution in [1.82, 2.24) is 0 Å². The summed E-state index contributed by atoms with van der Waals surface area (Å²) < 4.78 is 32.7. The SMILES string of the molecule is CC12CCC(C(Cc3ccc(CC45C(=O)C6(CS(=O)(=O)O)CCC4C65C)cc3)C1=O)C2(C)C. The maximum atomic E-state index is 13.3. The van der Waals surface area contributed by atoms with Crippen LogP contribution in [0.2, 0.25) is 0 Å². The van der Waals surface area contributed by atoms with E-state index in [-0.39, 0.29) is 33.9 Å². The molecule has 5 fully saturated rings. The van der Waals surface area contributed by atoms with Gasteiger partial charge in [-0.15, -0.1) is 0 Å². The van der Waals surface area contributed by atoms with Crippen molar-refractivity contribution in [2.75, 3.05) is 5.75 Å². The number of ketones is 2. The molecule has 1 aromatic carbocycles. The minimum atomic E-state index is -4.19. The summed E-state index contributed by atoms with van der Waals surface area (Å²) >= 11 is 0. The smallest absolute Gasteiger partial charge is 0.265 e. The Balaban J connectivity index is 1.19. The summed E-state index contributed by atoms with van der Waals surface area (Å²) in [6.07, 6.45) is 4.98. The van der Waals surface area contributed by atoms with Gasteiger partial charge in [0.1, 0.15) is 11.6 Å². The minimum absolute atomic E-state index is 0.0403. The highest BCUT2D eigenvalue weighted by atomic mass is 32.2. The van der Waals surface area contributed by atoms with Crippen LogP contribution in [0.25, 0.3) is 0 Å². The molecule has 2 bridgehead atoms. The average molecular weight is 471 g/mol. The molecule has 0 radical (unpaired) electrons. The Kier molecular flexibility index (Phi) is 3.99. The number of hydrogen-bond acceptors (Lipinski definition) is 4. The summed E-state index contributed by atoms with van der Waals surface area (Å²) in [7, 11) is -4.19. The third-order valence-corrected chi connectivity index (χ3v) is 12.7.